The van der Waals surface area contributed by atoms with Gasteiger partial charge in [0.1, 0.15) is 5.76 Å². The molecule has 30 heavy (non-hydrogen) atoms. The number of aryl methyl sites for hydroxylation is 2. The SMILES string of the molecule is Cc1cc(C(=O)N(CC2CCN(Cc3ccccc3C)CC2)C[C@H]2CCCO2)no1. The van der Waals surface area contributed by atoms with E-state index in [0.29, 0.717) is 23.9 Å². The topological polar surface area (TPSA) is 58.8 Å². The number of nitrogens with zero attached hydrogens (tertiary/aromatic N) is 3. The molecule has 6 heteroatoms. The molecule has 0 saturated carbocycles. The highest BCUT2D eigenvalue weighted by molar-refractivity contribution is 5.92. The van der Waals surface area contributed by atoms with Crippen molar-refractivity contribution in [2.75, 3.05) is 32.8 Å². The quantitative estimate of drug-likeness (QED) is 0.693. The van der Waals surface area contributed by atoms with Gasteiger partial charge in [-0.25, -0.2) is 0 Å². The molecule has 2 aliphatic heterocycles. The number of hydrogen-bond donors (Lipinski definition) is 0. The van der Waals surface area contributed by atoms with Crippen LogP contribution >= 0.6 is 0 Å². The number of ether oxygens (including phenoxy) is 1. The molecule has 2 aromatic rings. The lowest BCUT2D eigenvalue weighted by Gasteiger charge is -2.35. The van der Waals surface area contributed by atoms with Crippen LogP contribution in [0.1, 0.15) is 53.1 Å². The van der Waals surface area contributed by atoms with Crippen molar-refractivity contribution in [3.05, 3.63) is 52.9 Å². The van der Waals surface area contributed by atoms with Crippen LogP contribution in [0.3, 0.4) is 0 Å². The van der Waals surface area contributed by atoms with Gasteiger partial charge in [-0.2, -0.15) is 0 Å². The second-order valence-electron chi connectivity index (χ2n) is 8.81. The summed E-state index contributed by atoms with van der Waals surface area (Å²) in [7, 11) is 0. The van der Waals surface area contributed by atoms with Gasteiger partial charge in [0.2, 0.25) is 0 Å². The number of benzene rings is 1. The largest absolute Gasteiger partial charge is 0.376 e. The predicted octanol–water partition coefficient (Wildman–Crippen LogP) is 3.82. The normalized spacial score (nSPS) is 20.5. The second kappa shape index (κ2) is 9.75. The molecule has 0 N–H and O–H groups in total. The Morgan fingerprint density at radius 3 is 2.63 bits per heavy atom. The molecule has 0 bridgehead atoms. The average molecular weight is 412 g/mol. The van der Waals surface area contributed by atoms with Crippen molar-refractivity contribution >= 4 is 5.91 Å². The number of carbonyl (C=O) groups excluding carboxylic acids is 1. The van der Waals surface area contributed by atoms with Gasteiger partial charge < -0.3 is 14.2 Å². The molecule has 0 spiro atoms. The van der Waals surface area contributed by atoms with E-state index in [-0.39, 0.29) is 12.0 Å². The lowest BCUT2D eigenvalue weighted by molar-refractivity contribution is 0.0437. The molecule has 6 nitrogen and oxygen atoms in total. The maximum absolute atomic E-state index is 13.1. The first-order valence-electron chi connectivity index (χ1n) is 11.2. The zero-order valence-electron chi connectivity index (χ0n) is 18.2. The smallest absolute Gasteiger partial charge is 0.276 e. The summed E-state index contributed by atoms with van der Waals surface area (Å²) in [4.78, 5) is 17.6. The van der Waals surface area contributed by atoms with E-state index in [9.17, 15) is 4.79 Å². The van der Waals surface area contributed by atoms with Crippen LogP contribution in [0.2, 0.25) is 0 Å². The van der Waals surface area contributed by atoms with Gasteiger partial charge in [0, 0.05) is 32.3 Å². The Kier molecular flexibility index (Phi) is 6.85. The Morgan fingerprint density at radius 1 is 1.17 bits per heavy atom. The molecule has 4 rings (SSSR count). The van der Waals surface area contributed by atoms with E-state index < -0.39 is 0 Å². The van der Waals surface area contributed by atoms with Crippen molar-refractivity contribution in [2.45, 2.75) is 52.2 Å². The van der Waals surface area contributed by atoms with E-state index in [1.165, 1.54) is 11.1 Å². The summed E-state index contributed by atoms with van der Waals surface area (Å²) < 4.78 is 11.0. The van der Waals surface area contributed by atoms with E-state index >= 15 is 0 Å². The summed E-state index contributed by atoms with van der Waals surface area (Å²) in [6.45, 7) is 9.37. The maximum Gasteiger partial charge on any atom is 0.276 e. The first-order chi connectivity index (χ1) is 14.6. The zero-order chi connectivity index (χ0) is 20.9. The molecule has 1 aromatic heterocycles. The summed E-state index contributed by atoms with van der Waals surface area (Å²) in [5, 5.41) is 3.96. The molecule has 0 aliphatic carbocycles. The van der Waals surface area contributed by atoms with Crippen LogP contribution in [0.5, 0.6) is 0 Å². The molecule has 162 valence electrons. The fourth-order valence-corrected chi connectivity index (χ4v) is 4.57. The molecule has 1 amide bonds. The third-order valence-electron chi connectivity index (χ3n) is 6.42. The van der Waals surface area contributed by atoms with Crippen LogP contribution in [0, 0.1) is 19.8 Å². The maximum atomic E-state index is 13.1. The minimum absolute atomic E-state index is 0.0373. The highest BCUT2D eigenvalue weighted by Crippen LogP contribution is 2.23. The summed E-state index contributed by atoms with van der Waals surface area (Å²) in [5.41, 5.74) is 3.17. The standard InChI is InChI=1S/C24H33N3O3/c1-18-6-3-4-7-21(18)16-26-11-9-20(10-12-26)15-27(17-22-8-5-13-29-22)24(28)23-14-19(2)30-25-23/h3-4,6-7,14,20,22H,5,8-13,15-17H2,1-2H3/t22-/m1/s1. The van der Waals surface area contributed by atoms with E-state index in [4.69, 9.17) is 9.26 Å². The van der Waals surface area contributed by atoms with Crippen molar-refractivity contribution in [1.82, 2.24) is 15.0 Å². The molecular weight excluding hydrogens is 378 g/mol. The van der Waals surface area contributed by atoms with Crippen LogP contribution < -0.4 is 0 Å². The number of carbonyl (C=O) groups is 1. The Hall–Kier alpha value is -2.18. The van der Waals surface area contributed by atoms with Crippen molar-refractivity contribution < 1.29 is 14.1 Å². The number of rotatable bonds is 7. The van der Waals surface area contributed by atoms with Crippen LogP contribution in [0.4, 0.5) is 0 Å². The molecule has 3 heterocycles. The van der Waals surface area contributed by atoms with Gasteiger partial charge in [0.15, 0.2) is 5.69 Å². The van der Waals surface area contributed by atoms with Gasteiger partial charge in [0.05, 0.1) is 6.10 Å². The van der Waals surface area contributed by atoms with Crippen LogP contribution in [-0.4, -0.2) is 59.8 Å². The Labute approximate surface area is 179 Å². The fraction of sp³-hybridized carbons (Fsp3) is 0.583. The van der Waals surface area contributed by atoms with Gasteiger partial charge in [0.25, 0.3) is 5.91 Å². The van der Waals surface area contributed by atoms with Crippen molar-refractivity contribution in [3.63, 3.8) is 0 Å². The zero-order valence-corrected chi connectivity index (χ0v) is 18.2. The number of piperidine rings is 1. The Bertz CT molecular complexity index is 836. The van der Waals surface area contributed by atoms with E-state index in [0.717, 1.165) is 58.5 Å². The number of hydrogen-bond acceptors (Lipinski definition) is 5. The van der Waals surface area contributed by atoms with Gasteiger partial charge in [-0.15, -0.1) is 0 Å². The molecule has 0 unspecified atom stereocenters. The molecule has 1 aromatic carbocycles. The molecular formula is C24H33N3O3. The molecule has 1 atom stereocenters. The van der Waals surface area contributed by atoms with Crippen molar-refractivity contribution in [3.8, 4) is 0 Å². The highest BCUT2D eigenvalue weighted by atomic mass is 16.5. The minimum atomic E-state index is -0.0373. The van der Waals surface area contributed by atoms with E-state index in [1.807, 2.05) is 11.8 Å². The summed E-state index contributed by atoms with van der Waals surface area (Å²) in [5.74, 6) is 1.14. The first-order valence-corrected chi connectivity index (χ1v) is 11.2. The summed E-state index contributed by atoms with van der Waals surface area (Å²) in [6.07, 6.45) is 4.46. The third-order valence-corrected chi connectivity index (χ3v) is 6.42. The molecule has 0 radical (unpaired) electrons. The summed E-state index contributed by atoms with van der Waals surface area (Å²) in [6, 6.07) is 10.4. The Morgan fingerprint density at radius 2 is 1.97 bits per heavy atom. The predicted molar refractivity (Wildman–Crippen MR) is 115 cm³/mol. The van der Waals surface area contributed by atoms with Gasteiger partial charge >= 0.3 is 0 Å². The van der Waals surface area contributed by atoms with Crippen LogP contribution in [0.25, 0.3) is 0 Å². The highest BCUT2D eigenvalue weighted by Gasteiger charge is 2.29. The number of likely N-dealkylation sites (tertiary alicyclic amines) is 1. The van der Waals surface area contributed by atoms with Gasteiger partial charge in [-0.3, -0.25) is 9.69 Å². The first kappa shape index (κ1) is 21.1. The van der Waals surface area contributed by atoms with Crippen LogP contribution in [0.15, 0.2) is 34.9 Å². The van der Waals surface area contributed by atoms with Crippen LogP contribution in [-0.2, 0) is 11.3 Å². The molecule has 2 aliphatic rings. The summed E-state index contributed by atoms with van der Waals surface area (Å²) >= 11 is 0. The fourth-order valence-electron chi connectivity index (χ4n) is 4.57. The third kappa shape index (κ3) is 5.29. The lowest BCUT2D eigenvalue weighted by atomic mass is 9.95. The monoisotopic (exact) mass is 411 g/mol. The van der Waals surface area contributed by atoms with Gasteiger partial charge in [-0.1, -0.05) is 29.4 Å². The van der Waals surface area contributed by atoms with Gasteiger partial charge in [-0.05, 0) is 69.7 Å². The minimum Gasteiger partial charge on any atom is -0.376 e. The van der Waals surface area contributed by atoms with E-state index in [2.05, 4.69) is 41.2 Å². The molecule has 2 fully saturated rings. The lowest BCUT2D eigenvalue weighted by Crippen LogP contribution is -2.43. The van der Waals surface area contributed by atoms with E-state index in [1.54, 1.807) is 6.07 Å². The Balaban J connectivity index is 1.34. The number of amides is 1. The van der Waals surface area contributed by atoms with Crippen molar-refractivity contribution in [1.29, 1.82) is 0 Å². The average Bonchev–Trinajstić information content (AvgIpc) is 3.42. The second-order valence-corrected chi connectivity index (χ2v) is 8.81. The number of aromatic nitrogens is 1. The molecule has 2 saturated heterocycles. The van der Waals surface area contributed by atoms with Crippen molar-refractivity contribution in [2.24, 2.45) is 5.92 Å².